The molecule has 1 unspecified atom stereocenters. The molecular formula is C16H24N2O2. The SMILES string of the molecule is CNc1ccc(C(=O)N2CCCCC2CCO)cc1C. The highest BCUT2D eigenvalue weighted by Gasteiger charge is 2.27. The van der Waals surface area contributed by atoms with Crippen LogP contribution in [0, 0.1) is 6.92 Å². The molecule has 1 saturated heterocycles. The van der Waals surface area contributed by atoms with E-state index in [2.05, 4.69) is 5.32 Å². The molecule has 4 nitrogen and oxygen atoms in total. The van der Waals surface area contributed by atoms with E-state index in [0.29, 0.717) is 6.42 Å². The molecule has 1 fully saturated rings. The van der Waals surface area contributed by atoms with Gasteiger partial charge in [-0.1, -0.05) is 0 Å². The minimum absolute atomic E-state index is 0.0916. The van der Waals surface area contributed by atoms with Crippen LogP contribution in [0.5, 0.6) is 0 Å². The van der Waals surface area contributed by atoms with Gasteiger partial charge in [0, 0.05) is 37.5 Å². The molecule has 110 valence electrons. The third-order valence-electron chi connectivity index (χ3n) is 4.09. The summed E-state index contributed by atoms with van der Waals surface area (Å²) in [5.41, 5.74) is 2.87. The second kappa shape index (κ2) is 6.75. The zero-order valence-corrected chi connectivity index (χ0v) is 12.4. The van der Waals surface area contributed by atoms with E-state index >= 15 is 0 Å². The molecule has 4 heteroatoms. The summed E-state index contributed by atoms with van der Waals surface area (Å²) in [5.74, 6) is 0.0916. The number of hydrogen-bond donors (Lipinski definition) is 2. The maximum Gasteiger partial charge on any atom is 0.254 e. The summed E-state index contributed by atoms with van der Waals surface area (Å²) in [7, 11) is 1.88. The lowest BCUT2D eigenvalue weighted by Gasteiger charge is -2.35. The first-order valence-electron chi connectivity index (χ1n) is 7.37. The Morgan fingerprint density at radius 3 is 2.90 bits per heavy atom. The molecule has 1 aromatic carbocycles. The van der Waals surface area contributed by atoms with Crippen molar-refractivity contribution < 1.29 is 9.90 Å². The van der Waals surface area contributed by atoms with Crippen LogP contribution in [0.4, 0.5) is 5.69 Å². The molecule has 20 heavy (non-hydrogen) atoms. The quantitative estimate of drug-likeness (QED) is 0.888. The van der Waals surface area contributed by atoms with Gasteiger partial charge in [-0.2, -0.15) is 0 Å². The lowest BCUT2D eigenvalue weighted by Crippen LogP contribution is -2.44. The number of hydrogen-bond acceptors (Lipinski definition) is 3. The van der Waals surface area contributed by atoms with E-state index in [1.807, 2.05) is 37.1 Å². The molecule has 0 aliphatic carbocycles. The molecule has 0 spiro atoms. The van der Waals surface area contributed by atoms with Crippen LogP contribution in [0.3, 0.4) is 0 Å². The van der Waals surface area contributed by atoms with Gasteiger partial charge in [0.05, 0.1) is 0 Å². The molecule has 0 aromatic heterocycles. The first-order chi connectivity index (χ1) is 9.67. The monoisotopic (exact) mass is 276 g/mol. The van der Waals surface area contributed by atoms with Crippen molar-refractivity contribution in [2.75, 3.05) is 25.5 Å². The third-order valence-corrected chi connectivity index (χ3v) is 4.09. The fourth-order valence-corrected chi connectivity index (χ4v) is 2.96. The number of nitrogens with zero attached hydrogens (tertiary/aromatic N) is 1. The van der Waals surface area contributed by atoms with Crippen molar-refractivity contribution in [2.24, 2.45) is 0 Å². The number of carbonyl (C=O) groups excluding carboxylic acids is 1. The highest BCUT2D eigenvalue weighted by molar-refractivity contribution is 5.95. The average Bonchev–Trinajstić information content (AvgIpc) is 2.47. The number of nitrogens with one attached hydrogen (secondary N) is 1. The smallest absolute Gasteiger partial charge is 0.254 e. The molecule has 1 aromatic rings. The molecule has 1 heterocycles. The van der Waals surface area contributed by atoms with Crippen molar-refractivity contribution >= 4 is 11.6 Å². The largest absolute Gasteiger partial charge is 0.396 e. The molecule has 1 aliphatic rings. The Hall–Kier alpha value is -1.55. The fraction of sp³-hybridized carbons (Fsp3) is 0.562. The number of benzene rings is 1. The van der Waals surface area contributed by atoms with Crippen LogP contribution in [0.15, 0.2) is 18.2 Å². The predicted molar refractivity (Wildman–Crippen MR) is 81.1 cm³/mol. The van der Waals surface area contributed by atoms with Gasteiger partial charge in [0.2, 0.25) is 0 Å². The number of aliphatic hydroxyl groups is 1. The zero-order chi connectivity index (χ0) is 14.5. The van der Waals surface area contributed by atoms with Crippen molar-refractivity contribution in [3.63, 3.8) is 0 Å². The third kappa shape index (κ3) is 3.12. The van der Waals surface area contributed by atoms with Crippen molar-refractivity contribution in [1.82, 2.24) is 4.90 Å². The maximum absolute atomic E-state index is 12.7. The van der Waals surface area contributed by atoms with Crippen LogP contribution in [0.2, 0.25) is 0 Å². The molecule has 1 atom stereocenters. The summed E-state index contributed by atoms with van der Waals surface area (Å²) in [6.07, 6.45) is 3.88. The van der Waals surface area contributed by atoms with Gasteiger partial charge in [-0.15, -0.1) is 0 Å². The van der Waals surface area contributed by atoms with Gasteiger partial charge in [-0.05, 0) is 56.4 Å². The normalized spacial score (nSPS) is 18.9. The van der Waals surface area contributed by atoms with Crippen LogP contribution in [0.1, 0.15) is 41.6 Å². The molecule has 0 bridgehead atoms. The lowest BCUT2D eigenvalue weighted by atomic mass is 9.98. The predicted octanol–water partition coefficient (Wildman–Crippen LogP) is 2.41. The molecule has 0 saturated carbocycles. The van der Waals surface area contributed by atoms with E-state index in [1.54, 1.807) is 0 Å². The standard InChI is InChI=1S/C16H24N2O2/c1-12-11-13(6-7-15(12)17-2)16(20)18-9-4-3-5-14(18)8-10-19/h6-7,11,14,17,19H,3-5,8-10H2,1-2H3. The number of aliphatic hydroxyl groups excluding tert-OH is 1. The first-order valence-corrected chi connectivity index (χ1v) is 7.37. The summed E-state index contributed by atoms with van der Waals surface area (Å²) in [5, 5.41) is 12.3. The summed E-state index contributed by atoms with van der Waals surface area (Å²) in [6.45, 7) is 2.95. The number of likely N-dealkylation sites (tertiary alicyclic amines) is 1. The lowest BCUT2D eigenvalue weighted by molar-refractivity contribution is 0.0574. The maximum atomic E-state index is 12.7. The van der Waals surface area contributed by atoms with E-state index < -0.39 is 0 Å². The van der Waals surface area contributed by atoms with Crippen LogP contribution in [0.25, 0.3) is 0 Å². The number of anilines is 1. The Kier molecular flexibility index (Phi) is 5.01. The molecular weight excluding hydrogens is 252 g/mol. The molecule has 1 amide bonds. The topological polar surface area (TPSA) is 52.6 Å². The van der Waals surface area contributed by atoms with Gasteiger partial charge in [0.15, 0.2) is 0 Å². The summed E-state index contributed by atoms with van der Waals surface area (Å²) in [4.78, 5) is 14.6. The number of piperidine rings is 1. The minimum atomic E-state index is 0.0916. The second-order valence-electron chi connectivity index (χ2n) is 5.44. The van der Waals surface area contributed by atoms with Gasteiger partial charge in [-0.3, -0.25) is 4.79 Å². The number of rotatable bonds is 4. The molecule has 1 aliphatic heterocycles. The van der Waals surface area contributed by atoms with Gasteiger partial charge in [0.1, 0.15) is 0 Å². The Bertz CT molecular complexity index is 472. The Morgan fingerprint density at radius 2 is 2.25 bits per heavy atom. The van der Waals surface area contributed by atoms with Crippen LogP contribution < -0.4 is 5.32 Å². The average molecular weight is 276 g/mol. The summed E-state index contributed by atoms with van der Waals surface area (Å²) in [6, 6.07) is 5.96. The number of carbonyl (C=O) groups is 1. The van der Waals surface area contributed by atoms with E-state index in [0.717, 1.165) is 42.6 Å². The van der Waals surface area contributed by atoms with Crippen LogP contribution in [-0.4, -0.2) is 42.2 Å². The number of amides is 1. The van der Waals surface area contributed by atoms with Crippen LogP contribution in [-0.2, 0) is 0 Å². The van der Waals surface area contributed by atoms with Gasteiger partial charge in [-0.25, -0.2) is 0 Å². The van der Waals surface area contributed by atoms with Crippen molar-refractivity contribution in [1.29, 1.82) is 0 Å². The number of aryl methyl sites for hydroxylation is 1. The Labute approximate surface area is 120 Å². The summed E-state index contributed by atoms with van der Waals surface area (Å²) >= 11 is 0. The van der Waals surface area contributed by atoms with Crippen molar-refractivity contribution in [2.45, 2.75) is 38.6 Å². The minimum Gasteiger partial charge on any atom is -0.396 e. The van der Waals surface area contributed by atoms with Crippen molar-refractivity contribution in [3.05, 3.63) is 29.3 Å². The second-order valence-corrected chi connectivity index (χ2v) is 5.44. The molecule has 0 radical (unpaired) electrons. The van der Waals surface area contributed by atoms with Gasteiger partial charge >= 0.3 is 0 Å². The van der Waals surface area contributed by atoms with E-state index in [1.165, 1.54) is 0 Å². The van der Waals surface area contributed by atoms with E-state index in [-0.39, 0.29) is 18.6 Å². The van der Waals surface area contributed by atoms with Crippen LogP contribution >= 0.6 is 0 Å². The van der Waals surface area contributed by atoms with E-state index in [4.69, 9.17) is 5.11 Å². The van der Waals surface area contributed by atoms with Gasteiger partial charge in [0.25, 0.3) is 5.91 Å². The molecule has 2 rings (SSSR count). The highest BCUT2D eigenvalue weighted by Crippen LogP contribution is 2.23. The molecule has 2 N–H and O–H groups in total. The van der Waals surface area contributed by atoms with Gasteiger partial charge < -0.3 is 15.3 Å². The summed E-state index contributed by atoms with van der Waals surface area (Å²) < 4.78 is 0. The van der Waals surface area contributed by atoms with Crippen molar-refractivity contribution in [3.8, 4) is 0 Å². The zero-order valence-electron chi connectivity index (χ0n) is 12.4. The fourth-order valence-electron chi connectivity index (χ4n) is 2.96. The Balaban J connectivity index is 2.18. The van der Waals surface area contributed by atoms with E-state index in [9.17, 15) is 4.79 Å². The first kappa shape index (κ1) is 14.9. The Morgan fingerprint density at radius 1 is 1.45 bits per heavy atom. The highest BCUT2D eigenvalue weighted by atomic mass is 16.3.